The minimum atomic E-state index is 0.231. The van der Waals surface area contributed by atoms with Crippen LogP contribution in [0.15, 0.2) is 36.5 Å². The van der Waals surface area contributed by atoms with Gasteiger partial charge in [0.05, 0.1) is 5.52 Å². The van der Waals surface area contributed by atoms with Crippen LogP contribution < -0.4 is 0 Å². The van der Waals surface area contributed by atoms with Crippen molar-refractivity contribution in [1.29, 1.82) is 0 Å². The molecule has 1 saturated carbocycles. The van der Waals surface area contributed by atoms with Crippen molar-refractivity contribution in [1.82, 2.24) is 4.98 Å². The average molecular weight is 239 g/mol. The molecule has 0 bridgehead atoms. The van der Waals surface area contributed by atoms with E-state index in [9.17, 15) is 4.79 Å². The van der Waals surface area contributed by atoms with Gasteiger partial charge in [0.25, 0.3) is 0 Å². The summed E-state index contributed by atoms with van der Waals surface area (Å²) >= 11 is 0. The molecule has 0 amide bonds. The van der Waals surface area contributed by atoms with E-state index in [2.05, 4.69) is 11.9 Å². The van der Waals surface area contributed by atoms with Gasteiger partial charge in [0.15, 0.2) is 5.78 Å². The number of hydrogen-bond donors (Lipinski definition) is 0. The minimum Gasteiger partial charge on any atom is -0.294 e. The minimum absolute atomic E-state index is 0.231. The number of benzene rings is 1. The molecule has 2 atom stereocenters. The molecule has 1 aromatic heterocycles. The molecule has 1 heterocycles. The van der Waals surface area contributed by atoms with Crippen LogP contribution in [-0.4, -0.2) is 10.8 Å². The Hall–Kier alpha value is -1.70. The van der Waals surface area contributed by atoms with E-state index in [1.807, 2.05) is 30.3 Å². The number of aromatic nitrogens is 1. The standard InChI is InChI=1S/C16H17NO/c1-11-4-5-13(9-11)16(18)14-6-7-15-12(10-14)3-2-8-17-15/h2-3,6-8,10-11,13H,4-5,9H2,1H3. The fourth-order valence-electron chi connectivity index (χ4n) is 2.91. The number of hydrogen-bond acceptors (Lipinski definition) is 2. The van der Waals surface area contributed by atoms with Crippen molar-refractivity contribution in [3.05, 3.63) is 42.1 Å². The summed E-state index contributed by atoms with van der Waals surface area (Å²) in [5.41, 5.74) is 1.79. The topological polar surface area (TPSA) is 30.0 Å². The predicted molar refractivity (Wildman–Crippen MR) is 72.6 cm³/mol. The van der Waals surface area contributed by atoms with Crippen molar-refractivity contribution in [2.24, 2.45) is 11.8 Å². The fraction of sp³-hybridized carbons (Fsp3) is 0.375. The van der Waals surface area contributed by atoms with E-state index in [0.29, 0.717) is 11.7 Å². The van der Waals surface area contributed by atoms with Crippen LogP contribution in [0.1, 0.15) is 36.5 Å². The van der Waals surface area contributed by atoms with Gasteiger partial charge in [-0.1, -0.05) is 13.0 Å². The van der Waals surface area contributed by atoms with Gasteiger partial charge in [0.1, 0.15) is 0 Å². The number of pyridine rings is 1. The van der Waals surface area contributed by atoms with E-state index >= 15 is 0 Å². The van der Waals surface area contributed by atoms with Gasteiger partial charge in [0.2, 0.25) is 0 Å². The first kappa shape index (κ1) is 11.4. The lowest BCUT2D eigenvalue weighted by Crippen LogP contribution is -2.11. The largest absolute Gasteiger partial charge is 0.294 e. The summed E-state index contributed by atoms with van der Waals surface area (Å²) in [7, 11) is 0. The molecule has 1 aliphatic carbocycles. The van der Waals surface area contributed by atoms with Gasteiger partial charge in [-0.05, 0) is 49.4 Å². The lowest BCUT2D eigenvalue weighted by Gasteiger charge is -2.09. The Labute approximate surface area is 107 Å². The number of ketones is 1. The second kappa shape index (κ2) is 4.52. The molecular weight excluding hydrogens is 222 g/mol. The summed E-state index contributed by atoms with van der Waals surface area (Å²) in [5.74, 6) is 1.24. The Morgan fingerprint density at radius 1 is 1.28 bits per heavy atom. The molecule has 0 saturated heterocycles. The second-order valence-electron chi connectivity index (χ2n) is 5.39. The van der Waals surface area contributed by atoms with Crippen LogP contribution in [0.5, 0.6) is 0 Å². The number of fused-ring (bicyclic) bond motifs is 1. The SMILES string of the molecule is CC1CCC(C(=O)c2ccc3ncccc3c2)C1. The Kier molecular flexibility index (Phi) is 2.86. The van der Waals surface area contributed by atoms with Crippen LogP contribution in [0, 0.1) is 11.8 Å². The Bertz CT molecular complexity index is 590. The van der Waals surface area contributed by atoms with Crippen LogP contribution in [0.2, 0.25) is 0 Å². The molecule has 0 spiro atoms. The van der Waals surface area contributed by atoms with Crippen LogP contribution >= 0.6 is 0 Å². The van der Waals surface area contributed by atoms with Gasteiger partial charge in [-0.2, -0.15) is 0 Å². The lowest BCUT2D eigenvalue weighted by atomic mass is 9.94. The monoisotopic (exact) mass is 239 g/mol. The molecule has 2 nitrogen and oxygen atoms in total. The molecule has 1 aromatic carbocycles. The van der Waals surface area contributed by atoms with Gasteiger partial charge < -0.3 is 0 Å². The maximum absolute atomic E-state index is 12.4. The lowest BCUT2D eigenvalue weighted by molar-refractivity contribution is 0.0920. The molecule has 0 aliphatic heterocycles. The summed E-state index contributed by atoms with van der Waals surface area (Å²) in [5, 5.41) is 1.05. The maximum Gasteiger partial charge on any atom is 0.165 e. The Morgan fingerprint density at radius 2 is 2.17 bits per heavy atom. The van der Waals surface area contributed by atoms with Crippen molar-refractivity contribution in [2.75, 3.05) is 0 Å². The summed E-state index contributed by atoms with van der Waals surface area (Å²) < 4.78 is 0. The summed E-state index contributed by atoms with van der Waals surface area (Å²) in [6.45, 7) is 2.23. The van der Waals surface area contributed by atoms with E-state index in [1.54, 1.807) is 6.20 Å². The average Bonchev–Trinajstić information content (AvgIpc) is 2.84. The summed E-state index contributed by atoms with van der Waals surface area (Å²) in [4.78, 5) is 16.7. The summed E-state index contributed by atoms with van der Waals surface area (Å²) in [6, 6.07) is 9.76. The van der Waals surface area contributed by atoms with Crippen LogP contribution in [-0.2, 0) is 0 Å². The molecular formula is C16H17NO. The molecule has 1 aliphatic rings. The van der Waals surface area contributed by atoms with Crippen molar-refractivity contribution in [3.8, 4) is 0 Å². The Morgan fingerprint density at radius 3 is 2.94 bits per heavy atom. The number of nitrogens with zero attached hydrogens (tertiary/aromatic N) is 1. The van der Waals surface area contributed by atoms with Gasteiger partial charge in [-0.3, -0.25) is 9.78 Å². The third-order valence-electron chi connectivity index (χ3n) is 3.95. The highest BCUT2D eigenvalue weighted by Crippen LogP contribution is 2.33. The van der Waals surface area contributed by atoms with Crippen molar-refractivity contribution < 1.29 is 4.79 Å². The normalized spacial score (nSPS) is 23.4. The molecule has 2 unspecified atom stereocenters. The number of rotatable bonds is 2. The highest BCUT2D eigenvalue weighted by molar-refractivity contribution is 6.00. The molecule has 3 rings (SSSR count). The first-order chi connectivity index (χ1) is 8.74. The van der Waals surface area contributed by atoms with Crippen molar-refractivity contribution in [2.45, 2.75) is 26.2 Å². The zero-order chi connectivity index (χ0) is 12.5. The molecule has 2 aromatic rings. The van der Waals surface area contributed by atoms with E-state index < -0.39 is 0 Å². The van der Waals surface area contributed by atoms with Gasteiger partial charge in [-0.15, -0.1) is 0 Å². The van der Waals surface area contributed by atoms with Crippen molar-refractivity contribution in [3.63, 3.8) is 0 Å². The fourth-order valence-corrected chi connectivity index (χ4v) is 2.91. The molecule has 2 heteroatoms. The number of carbonyl (C=O) groups excluding carboxylic acids is 1. The van der Waals surface area contributed by atoms with E-state index in [1.165, 1.54) is 6.42 Å². The van der Waals surface area contributed by atoms with Crippen LogP contribution in [0.3, 0.4) is 0 Å². The Balaban J connectivity index is 1.92. The van der Waals surface area contributed by atoms with E-state index in [4.69, 9.17) is 0 Å². The number of Topliss-reactive ketones (excluding diaryl/α,β-unsaturated/α-hetero) is 1. The highest BCUT2D eigenvalue weighted by Gasteiger charge is 2.28. The highest BCUT2D eigenvalue weighted by atomic mass is 16.1. The molecule has 0 radical (unpaired) electrons. The maximum atomic E-state index is 12.4. The van der Waals surface area contributed by atoms with Gasteiger partial charge in [-0.25, -0.2) is 0 Å². The first-order valence-corrected chi connectivity index (χ1v) is 6.63. The molecule has 18 heavy (non-hydrogen) atoms. The van der Waals surface area contributed by atoms with Gasteiger partial charge in [0, 0.05) is 23.1 Å². The molecule has 1 fully saturated rings. The number of carbonyl (C=O) groups is 1. The zero-order valence-electron chi connectivity index (χ0n) is 10.6. The third kappa shape index (κ3) is 2.03. The predicted octanol–water partition coefficient (Wildman–Crippen LogP) is 3.85. The van der Waals surface area contributed by atoms with E-state index in [0.717, 1.165) is 29.3 Å². The smallest absolute Gasteiger partial charge is 0.165 e. The quantitative estimate of drug-likeness (QED) is 0.745. The molecule has 0 N–H and O–H groups in total. The zero-order valence-corrected chi connectivity index (χ0v) is 10.6. The summed E-state index contributed by atoms with van der Waals surface area (Å²) in [6.07, 6.45) is 5.06. The first-order valence-electron chi connectivity index (χ1n) is 6.63. The second-order valence-corrected chi connectivity index (χ2v) is 5.39. The van der Waals surface area contributed by atoms with Crippen LogP contribution in [0.25, 0.3) is 10.9 Å². The van der Waals surface area contributed by atoms with Gasteiger partial charge >= 0.3 is 0 Å². The van der Waals surface area contributed by atoms with Crippen molar-refractivity contribution >= 4 is 16.7 Å². The third-order valence-corrected chi connectivity index (χ3v) is 3.95. The molecule has 92 valence electrons. The van der Waals surface area contributed by atoms with Crippen LogP contribution in [0.4, 0.5) is 0 Å². The van der Waals surface area contributed by atoms with E-state index in [-0.39, 0.29) is 5.92 Å².